The van der Waals surface area contributed by atoms with Gasteiger partial charge in [-0.15, -0.1) is 11.3 Å². The summed E-state index contributed by atoms with van der Waals surface area (Å²) in [6, 6.07) is 7.70. The number of carbonyl (C=O) groups is 5. The lowest BCUT2D eigenvalue weighted by atomic mass is 9.96. The van der Waals surface area contributed by atoms with Crippen molar-refractivity contribution in [2.75, 3.05) is 40.8 Å². The number of likely N-dealkylation sites (N-methyl/N-ethyl adjacent to an activating group) is 1. The first-order valence-corrected chi connectivity index (χ1v) is 17.3. The van der Waals surface area contributed by atoms with E-state index in [0.29, 0.717) is 11.4 Å². The Labute approximate surface area is 288 Å². The van der Waals surface area contributed by atoms with Gasteiger partial charge in [0.2, 0.25) is 11.8 Å². The van der Waals surface area contributed by atoms with Crippen molar-refractivity contribution in [3.05, 3.63) is 52.0 Å². The van der Waals surface area contributed by atoms with Crippen LogP contribution in [-0.4, -0.2) is 102 Å². The summed E-state index contributed by atoms with van der Waals surface area (Å²) in [6.07, 6.45) is 2.99. The van der Waals surface area contributed by atoms with E-state index in [1.165, 1.54) is 16.2 Å². The number of nitrogens with zero attached hydrogens (tertiary/aromatic N) is 3. The van der Waals surface area contributed by atoms with Crippen LogP contribution in [-0.2, 0) is 20.8 Å². The molecule has 2 rings (SSSR count). The Morgan fingerprint density at radius 1 is 0.938 bits per heavy atom. The number of amides is 5. The van der Waals surface area contributed by atoms with Crippen LogP contribution in [0.1, 0.15) is 80.5 Å². The highest BCUT2D eigenvalue weighted by atomic mass is 32.1. The third-order valence-corrected chi connectivity index (χ3v) is 8.83. The average molecular weight is 688 g/mol. The van der Waals surface area contributed by atoms with Gasteiger partial charge in [0.05, 0.1) is 25.0 Å². The predicted molar refractivity (Wildman–Crippen MR) is 187 cm³/mol. The molecule has 1 heterocycles. The van der Waals surface area contributed by atoms with Gasteiger partial charge in [-0.1, -0.05) is 64.4 Å². The maximum atomic E-state index is 13.4. The van der Waals surface area contributed by atoms with Crippen LogP contribution in [0.4, 0.5) is 4.79 Å². The molecule has 4 atom stereocenters. The largest absolute Gasteiger partial charge is 0.481 e. The third kappa shape index (κ3) is 14.4. The molecule has 266 valence electrons. The lowest BCUT2D eigenvalue weighted by Crippen LogP contribution is -2.47. The first-order valence-electron chi connectivity index (χ1n) is 16.4. The van der Waals surface area contributed by atoms with Gasteiger partial charge in [-0.25, -0.2) is 9.78 Å². The number of benzene rings is 1. The van der Waals surface area contributed by atoms with E-state index in [1.54, 1.807) is 26.4 Å². The number of hydrogen-bond donors (Lipinski definition) is 5. The monoisotopic (exact) mass is 687 g/mol. The van der Waals surface area contributed by atoms with E-state index >= 15 is 0 Å². The zero-order valence-electron chi connectivity index (χ0n) is 29.2. The van der Waals surface area contributed by atoms with Gasteiger partial charge in [0.1, 0.15) is 10.7 Å². The Bertz CT molecular complexity index is 1340. The van der Waals surface area contributed by atoms with Crippen LogP contribution in [0, 0.1) is 11.8 Å². The molecule has 5 amide bonds. The van der Waals surface area contributed by atoms with Crippen molar-refractivity contribution in [3.63, 3.8) is 0 Å². The molecule has 5 N–H and O–H groups in total. The number of thiazole rings is 1. The first-order chi connectivity index (χ1) is 22.7. The quantitative estimate of drug-likeness (QED) is 0.141. The van der Waals surface area contributed by atoms with E-state index in [0.717, 1.165) is 24.9 Å². The summed E-state index contributed by atoms with van der Waals surface area (Å²) in [5.74, 6) is -2.67. The molecule has 14 heteroatoms. The van der Waals surface area contributed by atoms with E-state index in [4.69, 9.17) is 0 Å². The van der Waals surface area contributed by atoms with Crippen molar-refractivity contribution in [2.24, 2.45) is 11.8 Å². The Morgan fingerprint density at radius 3 is 2.23 bits per heavy atom. The highest BCUT2D eigenvalue weighted by Crippen LogP contribution is 2.26. The smallest absolute Gasteiger partial charge is 0.317 e. The standard InChI is InChI=1S/C34H53N7O6S/c1-8-9-15-41(7)20-30(43)35-19-29(42)37-26(22(2)3)18-27(39-34(47)40(5)6)32-38-28(21-48-32)31(44)36-25(16-23(4)33(45)46)17-24-13-11-10-12-14-24/h10-14,21-23,25-27H,8-9,15-20H2,1-7H3,(H,35,43)(H,36,44)(H,37,42)(H,39,47)(H,45,46). The van der Waals surface area contributed by atoms with Gasteiger partial charge in [-0.2, -0.15) is 0 Å². The van der Waals surface area contributed by atoms with Crippen molar-refractivity contribution < 1.29 is 29.1 Å². The van der Waals surface area contributed by atoms with Crippen LogP contribution in [0.5, 0.6) is 0 Å². The van der Waals surface area contributed by atoms with E-state index in [2.05, 4.69) is 33.2 Å². The summed E-state index contributed by atoms with van der Waals surface area (Å²) >= 11 is 1.21. The highest BCUT2D eigenvalue weighted by Gasteiger charge is 2.28. The maximum Gasteiger partial charge on any atom is 0.317 e. The number of rotatable bonds is 20. The number of nitrogens with one attached hydrogen (secondary N) is 4. The summed E-state index contributed by atoms with van der Waals surface area (Å²) in [5.41, 5.74) is 1.11. The van der Waals surface area contributed by atoms with Crippen LogP contribution < -0.4 is 21.3 Å². The molecule has 0 saturated carbocycles. The molecule has 2 aromatic rings. The van der Waals surface area contributed by atoms with Gasteiger partial charge >= 0.3 is 12.0 Å². The average Bonchev–Trinajstić information content (AvgIpc) is 3.53. The fourth-order valence-electron chi connectivity index (χ4n) is 4.93. The molecule has 1 aromatic heterocycles. The molecule has 1 aromatic carbocycles. The molecule has 0 radical (unpaired) electrons. The van der Waals surface area contributed by atoms with E-state index in [-0.39, 0.29) is 61.4 Å². The van der Waals surface area contributed by atoms with Crippen LogP contribution >= 0.6 is 11.3 Å². The predicted octanol–water partition coefficient (Wildman–Crippen LogP) is 3.29. The second-order valence-corrected chi connectivity index (χ2v) is 13.7. The molecule has 0 aliphatic heterocycles. The lowest BCUT2D eigenvalue weighted by molar-refractivity contribution is -0.141. The summed E-state index contributed by atoms with van der Waals surface area (Å²) in [4.78, 5) is 70.8. The zero-order chi connectivity index (χ0) is 35.8. The second-order valence-electron chi connectivity index (χ2n) is 12.8. The van der Waals surface area contributed by atoms with Crippen LogP contribution in [0.25, 0.3) is 0 Å². The van der Waals surface area contributed by atoms with Gasteiger partial charge in [0.15, 0.2) is 0 Å². The Kier molecular flexibility index (Phi) is 17.0. The van der Waals surface area contributed by atoms with Crippen molar-refractivity contribution in [1.82, 2.24) is 36.1 Å². The molecule has 0 fully saturated rings. The SMILES string of the molecule is CCCCN(C)CC(=O)NCC(=O)NC(CC(NC(=O)N(C)C)c1nc(C(=O)NC(Cc2ccccc2)CC(C)C(=O)O)cs1)C(C)C. The number of carboxylic acids is 1. The number of urea groups is 1. The van der Waals surface area contributed by atoms with Crippen molar-refractivity contribution in [2.45, 2.75) is 77.9 Å². The number of hydrogen-bond acceptors (Lipinski definition) is 8. The minimum Gasteiger partial charge on any atom is -0.481 e. The fourth-order valence-corrected chi connectivity index (χ4v) is 5.79. The van der Waals surface area contributed by atoms with Gasteiger partial charge in [-0.3, -0.25) is 24.1 Å². The Balaban J connectivity index is 2.17. The molecule has 4 unspecified atom stereocenters. The normalized spacial score (nSPS) is 13.7. The number of carboxylic acid groups (broad SMARTS) is 1. The van der Waals surface area contributed by atoms with Crippen molar-refractivity contribution in [1.29, 1.82) is 0 Å². The number of unbranched alkanes of at least 4 members (excludes halogenated alkanes) is 1. The molecule has 13 nitrogen and oxygen atoms in total. The molecule has 0 spiro atoms. The van der Waals surface area contributed by atoms with Crippen LogP contribution in [0.15, 0.2) is 35.7 Å². The molecular weight excluding hydrogens is 634 g/mol. The van der Waals surface area contributed by atoms with Crippen LogP contribution in [0.3, 0.4) is 0 Å². The topological polar surface area (TPSA) is 173 Å². The zero-order valence-corrected chi connectivity index (χ0v) is 30.1. The van der Waals surface area contributed by atoms with Gasteiger partial charge < -0.3 is 31.3 Å². The summed E-state index contributed by atoms with van der Waals surface area (Å²) in [7, 11) is 5.09. The highest BCUT2D eigenvalue weighted by molar-refractivity contribution is 7.09. The van der Waals surface area contributed by atoms with E-state index in [1.807, 2.05) is 56.1 Å². The molecule has 0 aliphatic rings. The number of aromatic nitrogens is 1. The van der Waals surface area contributed by atoms with E-state index in [9.17, 15) is 29.1 Å². The van der Waals surface area contributed by atoms with Crippen LogP contribution in [0.2, 0.25) is 0 Å². The van der Waals surface area contributed by atoms with E-state index < -0.39 is 29.9 Å². The molecule has 0 aliphatic carbocycles. The molecular formula is C34H53N7O6S. The maximum absolute atomic E-state index is 13.4. The molecule has 0 bridgehead atoms. The molecule has 0 saturated heterocycles. The first kappa shape index (κ1) is 40.1. The number of aliphatic carboxylic acids is 1. The minimum absolute atomic E-state index is 0.0266. The number of carbonyl (C=O) groups excluding carboxylic acids is 4. The van der Waals surface area contributed by atoms with Gasteiger partial charge in [0.25, 0.3) is 5.91 Å². The van der Waals surface area contributed by atoms with Gasteiger partial charge in [-0.05, 0) is 50.8 Å². The summed E-state index contributed by atoms with van der Waals surface area (Å²) in [5, 5.41) is 23.2. The van der Waals surface area contributed by atoms with Gasteiger partial charge in [0, 0.05) is 31.6 Å². The van der Waals surface area contributed by atoms with Crippen molar-refractivity contribution >= 4 is 41.1 Å². The third-order valence-electron chi connectivity index (χ3n) is 7.87. The Morgan fingerprint density at radius 2 is 1.62 bits per heavy atom. The fraction of sp³-hybridized carbons (Fsp3) is 0.588. The summed E-state index contributed by atoms with van der Waals surface area (Å²) < 4.78 is 0. The lowest BCUT2D eigenvalue weighted by Gasteiger charge is -2.28. The minimum atomic E-state index is -0.943. The summed E-state index contributed by atoms with van der Waals surface area (Å²) in [6.45, 7) is 8.40. The molecule has 48 heavy (non-hydrogen) atoms. The Hall–Kier alpha value is -4.04. The second kappa shape index (κ2) is 20.4. The van der Waals surface area contributed by atoms with Crippen molar-refractivity contribution in [3.8, 4) is 0 Å².